The van der Waals surface area contributed by atoms with E-state index >= 15 is 0 Å². The van der Waals surface area contributed by atoms with Gasteiger partial charge < -0.3 is 14.8 Å². The molecule has 0 unspecified atom stereocenters. The minimum atomic E-state index is -4.66. The molecule has 1 amide bonds. The fourth-order valence-corrected chi connectivity index (χ4v) is 2.99. The van der Waals surface area contributed by atoms with E-state index in [0.29, 0.717) is 34.9 Å². The third-order valence-corrected chi connectivity index (χ3v) is 4.52. The maximum atomic E-state index is 13.6. The number of nitrogens with one attached hydrogen (secondary N) is 1. The van der Waals surface area contributed by atoms with E-state index in [-0.39, 0.29) is 17.0 Å². The summed E-state index contributed by atoms with van der Waals surface area (Å²) in [5, 5.41) is 6.47. The number of carbonyl (C=O) groups is 1. The Labute approximate surface area is 169 Å². The Balaban J connectivity index is 1.70. The Bertz CT molecular complexity index is 1130. The third-order valence-electron chi connectivity index (χ3n) is 4.52. The number of hydrogen-bond donors (Lipinski definition) is 1. The first-order valence-electron chi connectivity index (χ1n) is 9.22. The van der Waals surface area contributed by atoms with E-state index in [9.17, 15) is 18.0 Å². The number of nitrogens with zero attached hydrogens (tertiary/aromatic N) is 3. The van der Waals surface area contributed by atoms with Crippen LogP contribution in [-0.2, 0) is 11.6 Å². The van der Waals surface area contributed by atoms with Gasteiger partial charge in [0, 0.05) is 23.2 Å². The van der Waals surface area contributed by atoms with Crippen LogP contribution in [0.2, 0.25) is 0 Å². The minimum absolute atomic E-state index is 0.0536. The summed E-state index contributed by atoms with van der Waals surface area (Å²) in [4.78, 5) is 16.9. The molecule has 3 heterocycles. The van der Waals surface area contributed by atoms with E-state index < -0.39 is 23.2 Å². The second-order valence-corrected chi connectivity index (χ2v) is 7.89. The highest BCUT2D eigenvalue weighted by molar-refractivity contribution is 6.03. The van der Waals surface area contributed by atoms with Gasteiger partial charge in [-0.05, 0) is 18.2 Å². The predicted octanol–water partition coefficient (Wildman–Crippen LogP) is 4.07. The summed E-state index contributed by atoms with van der Waals surface area (Å²) in [7, 11) is 0. The average molecular weight is 420 g/mol. The van der Waals surface area contributed by atoms with E-state index in [0.717, 1.165) is 6.07 Å². The van der Waals surface area contributed by atoms with Gasteiger partial charge in [-0.1, -0.05) is 20.8 Å². The van der Waals surface area contributed by atoms with Crippen LogP contribution in [0, 0.1) is 0 Å². The summed E-state index contributed by atoms with van der Waals surface area (Å²) in [5.41, 5.74) is -1.19. The monoisotopic (exact) mass is 420 g/mol. The second kappa shape index (κ2) is 6.89. The fourth-order valence-electron chi connectivity index (χ4n) is 2.99. The van der Waals surface area contributed by atoms with Gasteiger partial charge in [-0.3, -0.25) is 4.79 Å². The number of amides is 1. The summed E-state index contributed by atoms with van der Waals surface area (Å²) < 4.78 is 52.3. The zero-order valence-electron chi connectivity index (χ0n) is 16.5. The van der Waals surface area contributed by atoms with Crippen molar-refractivity contribution in [1.82, 2.24) is 14.6 Å². The second-order valence-electron chi connectivity index (χ2n) is 7.89. The van der Waals surface area contributed by atoms with Gasteiger partial charge in [-0.25, -0.2) is 9.50 Å². The number of rotatable bonds is 2. The standard InChI is InChI=1S/C20H19F3N4O3/c1-19(2,3)15-10-16(20(21,22)23)27-17(25-15)9-12(26-27)18(28)24-11-4-5-13-14(8-11)30-7-6-29-13/h4-5,8-10H,6-7H2,1-3H3,(H,24,28). The average Bonchev–Trinajstić information content (AvgIpc) is 3.10. The molecule has 2 aromatic heterocycles. The molecule has 0 saturated heterocycles. The van der Waals surface area contributed by atoms with Crippen molar-refractivity contribution in [3.05, 3.63) is 47.4 Å². The van der Waals surface area contributed by atoms with Crippen molar-refractivity contribution in [1.29, 1.82) is 0 Å². The molecule has 0 atom stereocenters. The van der Waals surface area contributed by atoms with Crippen molar-refractivity contribution in [2.45, 2.75) is 32.4 Å². The normalized spacial score (nSPS) is 14.1. The molecule has 0 saturated carbocycles. The van der Waals surface area contributed by atoms with Crippen LogP contribution in [-0.4, -0.2) is 33.7 Å². The molecular weight excluding hydrogens is 401 g/mol. The van der Waals surface area contributed by atoms with Gasteiger partial charge in [0.05, 0.1) is 5.69 Å². The SMILES string of the molecule is CC(C)(C)c1cc(C(F)(F)F)n2nc(C(=O)Nc3ccc4c(c3)OCCO4)cc2n1. The molecule has 0 bridgehead atoms. The van der Waals surface area contributed by atoms with Crippen LogP contribution < -0.4 is 14.8 Å². The lowest BCUT2D eigenvalue weighted by molar-refractivity contribution is -0.142. The molecule has 7 nitrogen and oxygen atoms in total. The summed E-state index contributed by atoms with van der Waals surface area (Å²) >= 11 is 0. The van der Waals surface area contributed by atoms with Crippen LogP contribution in [0.15, 0.2) is 30.3 Å². The molecule has 1 aromatic carbocycles. The zero-order valence-corrected chi connectivity index (χ0v) is 16.5. The molecular formula is C20H19F3N4O3. The maximum absolute atomic E-state index is 13.6. The lowest BCUT2D eigenvalue weighted by atomic mass is 9.91. The molecule has 10 heteroatoms. The van der Waals surface area contributed by atoms with E-state index in [4.69, 9.17) is 9.47 Å². The number of fused-ring (bicyclic) bond motifs is 2. The van der Waals surface area contributed by atoms with Crippen molar-refractivity contribution >= 4 is 17.2 Å². The molecule has 30 heavy (non-hydrogen) atoms. The van der Waals surface area contributed by atoms with E-state index in [1.165, 1.54) is 6.07 Å². The van der Waals surface area contributed by atoms with Gasteiger partial charge >= 0.3 is 6.18 Å². The van der Waals surface area contributed by atoms with Crippen LogP contribution in [0.4, 0.5) is 18.9 Å². The van der Waals surface area contributed by atoms with E-state index in [1.54, 1.807) is 39.0 Å². The van der Waals surface area contributed by atoms with Gasteiger partial charge in [0.25, 0.3) is 5.91 Å². The molecule has 1 aliphatic rings. The molecule has 3 aromatic rings. The Morgan fingerprint density at radius 1 is 1.07 bits per heavy atom. The topological polar surface area (TPSA) is 77.8 Å². The summed E-state index contributed by atoms with van der Waals surface area (Å²) in [6.45, 7) is 6.11. The lowest BCUT2D eigenvalue weighted by Crippen LogP contribution is -2.20. The Morgan fingerprint density at radius 3 is 2.43 bits per heavy atom. The van der Waals surface area contributed by atoms with Crippen LogP contribution >= 0.6 is 0 Å². The first-order valence-corrected chi connectivity index (χ1v) is 9.22. The van der Waals surface area contributed by atoms with Gasteiger partial charge in [0.1, 0.15) is 18.9 Å². The molecule has 0 spiro atoms. The smallest absolute Gasteiger partial charge is 0.433 e. The number of alkyl halides is 3. The highest BCUT2D eigenvalue weighted by atomic mass is 19.4. The molecule has 4 rings (SSSR count). The van der Waals surface area contributed by atoms with E-state index in [2.05, 4.69) is 15.4 Å². The highest BCUT2D eigenvalue weighted by Gasteiger charge is 2.36. The number of ether oxygens (including phenoxy) is 2. The quantitative estimate of drug-likeness (QED) is 0.676. The van der Waals surface area contributed by atoms with Crippen molar-refractivity contribution in [2.75, 3.05) is 18.5 Å². The van der Waals surface area contributed by atoms with Crippen molar-refractivity contribution in [2.24, 2.45) is 0 Å². The molecule has 0 radical (unpaired) electrons. The fraction of sp³-hybridized carbons (Fsp3) is 0.350. The molecule has 158 valence electrons. The number of halogens is 3. The highest BCUT2D eigenvalue weighted by Crippen LogP contribution is 2.34. The molecule has 0 fully saturated rings. The zero-order chi connectivity index (χ0) is 21.7. The number of benzene rings is 1. The summed E-state index contributed by atoms with van der Waals surface area (Å²) in [6.07, 6.45) is -4.66. The number of carbonyl (C=O) groups excluding carboxylic acids is 1. The van der Waals surface area contributed by atoms with Gasteiger partial charge in [0.15, 0.2) is 22.8 Å². The Morgan fingerprint density at radius 2 is 1.77 bits per heavy atom. The molecule has 0 aliphatic carbocycles. The van der Waals surface area contributed by atoms with Crippen LogP contribution in [0.5, 0.6) is 11.5 Å². The van der Waals surface area contributed by atoms with Crippen LogP contribution in [0.25, 0.3) is 5.65 Å². The van der Waals surface area contributed by atoms with Crippen molar-refractivity contribution in [3.8, 4) is 11.5 Å². The summed E-state index contributed by atoms with van der Waals surface area (Å²) in [6, 6.07) is 7.03. The lowest BCUT2D eigenvalue weighted by Gasteiger charge is -2.19. The number of anilines is 1. The summed E-state index contributed by atoms with van der Waals surface area (Å²) in [5.74, 6) is 0.369. The molecule has 1 N–H and O–H groups in total. The largest absolute Gasteiger partial charge is 0.486 e. The van der Waals surface area contributed by atoms with Gasteiger partial charge in [0.2, 0.25) is 0 Å². The number of aromatic nitrogens is 3. The minimum Gasteiger partial charge on any atom is -0.486 e. The van der Waals surface area contributed by atoms with Gasteiger partial charge in [-0.15, -0.1) is 0 Å². The van der Waals surface area contributed by atoms with Crippen LogP contribution in [0.1, 0.15) is 42.6 Å². The predicted molar refractivity (Wildman–Crippen MR) is 102 cm³/mol. The maximum Gasteiger partial charge on any atom is 0.433 e. The van der Waals surface area contributed by atoms with Crippen molar-refractivity contribution < 1.29 is 27.4 Å². The molecule has 1 aliphatic heterocycles. The van der Waals surface area contributed by atoms with Crippen molar-refractivity contribution in [3.63, 3.8) is 0 Å². The first kappa shape index (κ1) is 20.0. The number of hydrogen-bond acceptors (Lipinski definition) is 5. The van der Waals surface area contributed by atoms with Crippen LogP contribution in [0.3, 0.4) is 0 Å². The van der Waals surface area contributed by atoms with E-state index in [1.807, 2.05) is 0 Å². The third kappa shape index (κ3) is 3.77. The van der Waals surface area contributed by atoms with Gasteiger partial charge in [-0.2, -0.15) is 18.3 Å². The first-order chi connectivity index (χ1) is 14.0. The Hall–Kier alpha value is -3.30. The Kier molecular flexibility index (Phi) is 4.59.